The zero-order chi connectivity index (χ0) is 34.2. The molecule has 2 aliphatic rings. The predicted molar refractivity (Wildman–Crippen MR) is 200 cm³/mol. The molecule has 49 heavy (non-hydrogen) atoms. The van der Waals surface area contributed by atoms with Crippen LogP contribution in [0.25, 0.3) is 25.6 Å². The van der Waals surface area contributed by atoms with E-state index in [0.717, 1.165) is 0 Å². The van der Waals surface area contributed by atoms with Crippen LogP contribution in [0.2, 0.25) is 0 Å². The molecule has 0 N–H and O–H groups in total. The van der Waals surface area contributed by atoms with Crippen molar-refractivity contribution < 1.29 is 49.5 Å². The number of halogens is 2. The Morgan fingerprint density at radius 1 is 0.612 bits per heavy atom. The summed E-state index contributed by atoms with van der Waals surface area (Å²) in [6, 6.07) is 28.2. The van der Waals surface area contributed by atoms with Crippen molar-refractivity contribution in [2.24, 2.45) is 11.3 Å². The van der Waals surface area contributed by atoms with E-state index in [9.17, 15) is 0 Å². The van der Waals surface area contributed by atoms with Gasteiger partial charge in [-0.15, -0.1) is 0 Å². The molecule has 2 aliphatic carbocycles. The Labute approximate surface area is 323 Å². The smallest absolute Gasteiger partial charge is 1.00 e. The SMILES string of the molecule is Cc1ccc(C(c2ccc(C)cc2)=c2cc3c(c(C4=CC(C(C)(C)C)=CC4C)c2C(C)(C)C)=[C]([Zr+2])c2cc(C(C)(C)C)ccc2-3)cc1.[Cl-].[Cl-]. The topological polar surface area (TPSA) is 0 Å². The van der Waals surface area contributed by atoms with E-state index in [0.29, 0.717) is 5.92 Å². The van der Waals surface area contributed by atoms with Crippen LogP contribution in [-0.4, -0.2) is 0 Å². The standard InChI is InChI=1S/C46H51.2ClH.Zr/c1-28-13-17-31(18-14-28)41(32-19-15-29(2)16-20-32)40-27-38-36-22-21-34(44(4,5)6)24-33(36)25-39(38)42(43(40)46(10,11)12)37-26-35(23-30(37)3)45(7,8)9;;;/h13-24,26-27,30H,1-12H3;2*1H;/q;;;+2/p-2. The molecule has 0 aromatic heterocycles. The molecule has 1 unspecified atom stereocenters. The van der Waals surface area contributed by atoms with E-state index in [2.05, 4.69) is 168 Å². The summed E-state index contributed by atoms with van der Waals surface area (Å²) in [5, 5.41) is 2.82. The van der Waals surface area contributed by atoms with Gasteiger partial charge in [-0.3, -0.25) is 0 Å². The van der Waals surface area contributed by atoms with E-state index in [1.54, 1.807) is 0 Å². The van der Waals surface area contributed by atoms with Crippen LogP contribution in [0.5, 0.6) is 0 Å². The van der Waals surface area contributed by atoms with Gasteiger partial charge in [0.25, 0.3) is 0 Å². The maximum Gasteiger partial charge on any atom is -1.00 e. The van der Waals surface area contributed by atoms with Gasteiger partial charge in [-0.2, -0.15) is 0 Å². The van der Waals surface area contributed by atoms with E-state index in [1.807, 2.05) is 0 Å². The zero-order valence-corrected chi connectivity index (χ0v) is 35.4. The predicted octanol–water partition coefficient (Wildman–Crippen LogP) is 4.84. The molecule has 0 spiro atoms. The van der Waals surface area contributed by atoms with Crippen molar-refractivity contribution in [3.8, 4) is 11.1 Å². The van der Waals surface area contributed by atoms with Gasteiger partial charge in [0.05, 0.1) is 0 Å². The number of aryl methyl sites for hydroxylation is 2. The summed E-state index contributed by atoms with van der Waals surface area (Å²) >= 11 is 1.47. The van der Waals surface area contributed by atoms with Gasteiger partial charge in [-0.05, 0) is 0 Å². The minimum absolute atomic E-state index is 0. The number of hydrogen-bond acceptors (Lipinski definition) is 0. The Kier molecular flexibility index (Phi) is 11.2. The van der Waals surface area contributed by atoms with Gasteiger partial charge in [-0.1, -0.05) is 0 Å². The summed E-state index contributed by atoms with van der Waals surface area (Å²) in [5.41, 5.74) is 17.9. The molecule has 0 nitrogen and oxygen atoms in total. The molecule has 6 rings (SSSR count). The Morgan fingerprint density at radius 2 is 1.14 bits per heavy atom. The van der Waals surface area contributed by atoms with Gasteiger partial charge in [0.15, 0.2) is 0 Å². The molecule has 0 heterocycles. The number of benzene rings is 4. The molecule has 0 fully saturated rings. The average molecular weight is 766 g/mol. The summed E-state index contributed by atoms with van der Waals surface area (Å²) in [7, 11) is 0. The van der Waals surface area contributed by atoms with Crippen molar-refractivity contribution in [1.82, 2.24) is 0 Å². The molecule has 3 heteroatoms. The molecule has 0 amide bonds. The summed E-state index contributed by atoms with van der Waals surface area (Å²) in [6.07, 6.45) is 5.07. The Morgan fingerprint density at radius 3 is 1.59 bits per heavy atom. The van der Waals surface area contributed by atoms with Gasteiger partial charge in [0.2, 0.25) is 0 Å². The first-order valence-corrected chi connectivity index (χ1v) is 18.5. The Balaban J connectivity index is 0.00000270. The molecule has 0 aliphatic heterocycles. The monoisotopic (exact) mass is 763 g/mol. The van der Waals surface area contributed by atoms with Crippen molar-refractivity contribution >= 4 is 14.4 Å². The van der Waals surface area contributed by atoms with Gasteiger partial charge in [0, 0.05) is 0 Å². The zero-order valence-electron chi connectivity index (χ0n) is 31.4. The fourth-order valence-corrected chi connectivity index (χ4v) is 8.54. The number of allylic oxidation sites excluding steroid dienone is 4. The van der Waals surface area contributed by atoms with Crippen molar-refractivity contribution in [3.05, 3.63) is 145 Å². The molecular weight excluding hydrogens is 715 g/mol. The van der Waals surface area contributed by atoms with E-state index in [-0.39, 0.29) is 41.1 Å². The Hall–Kier alpha value is -2.44. The second-order valence-electron chi connectivity index (χ2n) is 17.1. The van der Waals surface area contributed by atoms with E-state index < -0.39 is 0 Å². The van der Waals surface area contributed by atoms with Crippen LogP contribution >= 0.6 is 0 Å². The molecule has 4 aromatic rings. The summed E-state index contributed by atoms with van der Waals surface area (Å²) in [6.45, 7) is 28.1. The summed E-state index contributed by atoms with van der Waals surface area (Å²) < 4.78 is 1.49. The van der Waals surface area contributed by atoms with Crippen LogP contribution in [-0.2, 0) is 35.5 Å². The van der Waals surface area contributed by atoms with Gasteiger partial charge < -0.3 is 24.8 Å². The third kappa shape index (κ3) is 7.34. The Bertz CT molecular complexity index is 2040. The molecule has 0 bridgehead atoms. The van der Waals surface area contributed by atoms with E-state index in [4.69, 9.17) is 0 Å². The van der Waals surface area contributed by atoms with Crippen LogP contribution in [0.4, 0.5) is 0 Å². The number of rotatable bonds is 3. The van der Waals surface area contributed by atoms with E-state index >= 15 is 0 Å². The first-order chi connectivity index (χ1) is 21.9. The van der Waals surface area contributed by atoms with Crippen LogP contribution in [0.15, 0.2) is 90.5 Å². The number of hydrogen-bond donors (Lipinski definition) is 0. The van der Waals surface area contributed by atoms with Gasteiger partial charge in [0.1, 0.15) is 0 Å². The fourth-order valence-electron chi connectivity index (χ4n) is 7.40. The van der Waals surface area contributed by atoms with Gasteiger partial charge >= 0.3 is 301 Å². The van der Waals surface area contributed by atoms with Crippen LogP contribution in [0.3, 0.4) is 0 Å². The van der Waals surface area contributed by atoms with Crippen molar-refractivity contribution in [1.29, 1.82) is 0 Å². The van der Waals surface area contributed by atoms with Crippen molar-refractivity contribution in [3.63, 3.8) is 0 Å². The van der Waals surface area contributed by atoms with Gasteiger partial charge in [-0.25, -0.2) is 0 Å². The molecule has 0 radical (unpaired) electrons. The van der Waals surface area contributed by atoms with Crippen LogP contribution < -0.4 is 35.3 Å². The van der Waals surface area contributed by atoms with Crippen molar-refractivity contribution in [2.75, 3.05) is 0 Å². The second-order valence-corrected chi connectivity index (χ2v) is 18.3. The van der Waals surface area contributed by atoms with Crippen molar-refractivity contribution in [2.45, 2.75) is 93.9 Å². The average Bonchev–Trinajstić information content (AvgIpc) is 3.51. The third-order valence-corrected chi connectivity index (χ3v) is 11.4. The minimum atomic E-state index is -0.104. The van der Waals surface area contributed by atoms with Crippen LogP contribution in [0.1, 0.15) is 114 Å². The molecule has 253 valence electrons. The molecule has 0 saturated heterocycles. The summed E-state index contributed by atoms with van der Waals surface area (Å²) in [5.74, 6) is 0.337. The molecule has 1 atom stereocenters. The molecular formula is C46H51Cl2Zr. The second kappa shape index (κ2) is 13.9. The maximum atomic E-state index is 2.57. The molecule has 4 aromatic carbocycles. The quantitative estimate of drug-likeness (QED) is 0.281. The largest absolute Gasteiger partial charge is 1.00 e. The first kappa shape index (κ1) is 39.4. The first-order valence-electron chi connectivity index (χ1n) is 17.3. The fraction of sp³-hybridized carbons (Fsp3) is 0.348. The third-order valence-electron chi connectivity index (χ3n) is 10.1. The normalized spacial score (nSPS) is 15.6. The van der Waals surface area contributed by atoms with E-state index in [1.165, 1.54) is 111 Å². The summed E-state index contributed by atoms with van der Waals surface area (Å²) in [4.78, 5) is 0. The molecule has 0 saturated carbocycles. The minimum Gasteiger partial charge on any atom is -1.00 e. The number of fused-ring (bicyclic) bond motifs is 3. The maximum absolute atomic E-state index is 2.57. The van der Waals surface area contributed by atoms with Crippen LogP contribution in [0, 0.1) is 25.2 Å².